The van der Waals surface area contributed by atoms with Gasteiger partial charge in [0.2, 0.25) is 5.88 Å². The van der Waals surface area contributed by atoms with Crippen molar-refractivity contribution in [1.82, 2.24) is 24.5 Å². The van der Waals surface area contributed by atoms with Crippen molar-refractivity contribution >= 4 is 34.8 Å². The summed E-state index contributed by atoms with van der Waals surface area (Å²) in [6.07, 6.45) is 4.63. The third kappa shape index (κ3) is 5.17. The van der Waals surface area contributed by atoms with Crippen LogP contribution in [-0.4, -0.2) is 56.4 Å². The molecule has 0 atom stereocenters. The normalized spacial score (nSPS) is 14.1. The van der Waals surface area contributed by atoms with E-state index in [0.717, 1.165) is 12.8 Å². The van der Waals surface area contributed by atoms with Crippen LogP contribution in [0.15, 0.2) is 42.6 Å². The van der Waals surface area contributed by atoms with Gasteiger partial charge >= 0.3 is 0 Å². The van der Waals surface area contributed by atoms with Crippen LogP contribution in [0.4, 0.5) is 5.82 Å². The Bertz CT molecular complexity index is 1390. The molecule has 1 saturated carbocycles. The van der Waals surface area contributed by atoms with E-state index >= 15 is 0 Å². The lowest BCUT2D eigenvalue weighted by atomic mass is 9.99. The Morgan fingerprint density at radius 1 is 1.03 bits per heavy atom. The maximum atomic E-state index is 11.6. The third-order valence-corrected chi connectivity index (χ3v) is 7.19. The molecule has 1 aliphatic rings. The van der Waals surface area contributed by atoms with Gasteiger partial charge in [0.05, 0.1) is 27.0 Å². The fourth-order valence-electron chi connectivity index (χ4n) is 4.28. The van der Waals surface area contributed by atoms with Crippen LogP contribution in [0.3, 0.4) is 0 Å². The highest BCUT2D eigenvalue weighted by Gasteiger charge is 2.24. The summed E-state index contributed by atoms with van der Waals surface area (Å²) in [5.41, 5.74) is 2.20. The second-order valence-corrected chi connectivity index (χ2v) is 9.54. The van der Waals surface area contributed by atoms with Crippen molar-refractivity contribution in [3.8, 4) is 34.6 Å². The molecule has 0 amide bonds. The number of Topliss-reactive ketones (excluding diaryl/α,β-unsaturated/α-hetero) is 1. The SMILES string of the molecule is CCOc1cccc(-c2nc3ncc(NSC4CCC(=O)CC4)nc3n2-c2c(OC)cccc2OC)n1. The lowest BCUT2D eigenvalue weighted by Gasteiger charge is -2.20. The van der Waals surface area contributed by atoms with Gasteiger partial charge in [0.25, 0.3) is 0 Å². The van der Waals surface area contributed by atoms with Crippen molar-refractivity contribution in [3.05, 3.63) is 42.6 Å². The molecule has 37 heavy (non-hydrogen) atoms. The molecule has 0 bridgehead atoms. The first kappa shape index (κ1) is 24.8. The molecule has 3 heterocycles. The molecule has 1 N–H and O–H groups in total. The van der Waals surface area contributed by atoms with E-state index in [1.54, 1.807) is 38.4 Å². The van der Waals surface area contributed by atoms with E-state index in [-0.39, 0.29) is 0 Å². The van der Waals surface area contributed by atoms with E-state index in [1.807, 2.05) is 41.8 Å². The fraction of sp³-hybridized carbons (Fsp3) is 0.346. The van der Waals surface area contributed by atoms with Crippen LogP contribution in [0.1, 0.15) is 32.6 Å². The lowest BCUT2D eigenvalue weighted by Crippen LogP contribution is -2.17. The Labute approximate surface area is 218 Å². The summed E-state index contributed by atoms with van der Waals surface area (Å²) in [6, 6.07) is 11.1. The molecular formula is C26H28N6O4S. The number of aromatic nitrogens is 5. The van der Waals surface area contributed by atoms with Gasteiger partial charge in [-0.05, 0) is 49.9 Å². The number of ketones is 1. The molecule has 1 fully saturated rings. The number of rotatable bonds is 9. The van der Waals surface area contributed by atoms with Gasteiger partial charge in [-0.25, -0.2) is 19.9 Å². The van der Waals surface area contributed by atoms with E-state index < -0.39 is 0 Å². The van der Waals surface area contributed by atoms with E-state index in [9.17, 15) is 4.79 Å². The number of anilines is 1. The largest absolute Gasteiger partial charge is 0.494 e. The number of nitrogens with zero attached hydrogens (tertiary/aromatic N) is 5. The Kier molecular flexibility index (Phi) is 7.40. The molecule has 1 aliphatic carbocycles. The zero-order valence-electron chi connectivity index (χ0n) is 20.9. The van der Waals surface area contributed by atoms with Gasteiger partial charge in [-0.15, -0.1) is 0 Å². The second kappa shape index (κ2) is 11.0. The molecule has 0 aliphatic heterocycles. The minimum Gasteiger partial charge on any atom is -0.494 e. The molecule has 192 valence electrons. The average molecular weight is 521 g/mol. The van der Waals surface area contributed by atoms with Crippen molar-refractivity contribution in [3.63, 3.8) is 0 Å². The van der Waals surface area contributed by atoms with Crippen LogP contribution in [0, 0.1) is 0 Å². The molecule has 4 aromatic rings. The zero-order valence-corrected chi connectivity index (χ0v) is 21.7. The van der Waals surface area contributed by atoms with Gasteiger partial charge in [0.15, 0.2) is 22.9 Å². The van der Waals surface area contributed by atoms with Gasteiger partial charge in [-0.3, -0.25) is 9.36 Å². The number of methoxy groups -OCH3 is 2. The highest BCUT2D eigenvalue weighted by Crippen LogP contribution is 2.38. The molecule has 0 saturated heterocycles. The minimum absolute atomic E-state index is 0.335. The zero-order chi connectivity index (χ0) is 25.8. The molecular weight excluding hydrogens is 492 g/mol. The predicted molar refractivity (Wildman–Crippen MR) is 143 cm³/mol. The standard InChI is InChI=1S/C26H28N6O4S/c1-4-36-22-10-5-7-18(28-22)25-30-24-26(32(25)23-19(34-2)8-6-9-20(23)35-3)29-21(15-27-24)31-37-17-13-11-16(33)12-14-17/h5-10,15,17H,4,11-14H2,1-3H3,(H,29,31). The van der Waals surface area contributed by atoms with Gasteiger partial charge < -0.3 is 18.9 Å². The maximum absolute atomic E-state index is 11.6. The van der Waals surface area contributed by atoms with Crippen molar-refractivity contribution in [2.75, 3.05) is 25.5 Å². The van der Waals surface area contributed by atoms with Crippen molar-refractivity contribution in [2.45, 2.75) is 37.9 Å². The number of imidazole rings is 1. The molecule has 0 spiro atoms. The number of pyridine rings is 1. The number of benzene rings is 1. The summed E-state index contributed by atoms with van der Waals surface area (Å²) in [4.78, 5) is 30.5. The number of hydrogen-bond donors (Lipinski definition) is 1. The van der Waals surface area contributed by atoms with Gasteiger partial charge in [0, 0.05) is 24.2 Å². The van der Waals surface area contributed by atoms with Crippen molar-refractivity contribution < 1.29 is 19.0 Å². The van der Waals surface area contributed by atoms with E-state index in [0.29, 0.717) is 82.2 Å². The van der Waals surface area contributed by atoms with Crippen LogP contribution in [0.5, 0.6) is 17.4 Å². The van der Waals surface area contributed by atoms with Crippen LogP contribution >= 0.6 is 11.9 Å². The number of carbonyl (C=O) groups is 1. The Hall–Kier alpha value is -3.86. The highest BCUT2D eigenvalue weighted by molar-refractivity contribution is 8.01. The quantitative estimate of drug-likeness (QED) is 0.307. The molecule has 3 aromatic heterocycles. The number of nitrogens with one attached hydrogen (secondary N) is 1. The van der Waals surface area contributed by atoms with Gasteiger partial charge in [0.1, 0.15) is 28.7 Å². The number of ether oxygens (including phenoxy) is 3. The first-order valence-electron chi connectivity index (χ1n) is 12.1. The van der Waals surface area contributed by atoms with Crippen LogP contribution in [-0.2, 0) is 4.79 Å². The molecule has 1 aromatic carbocycles. The maximum Gasteiger partial charge on any atom is 0.213 e. The van der Waals surface area contributed by atoms with Crippen LogP contribution in [0.2, 0.25) is 0 Å². The Morgan fingerprint density at radius 3 is 2.46 bits per heavy atom. The van der Waals surface area contributed by atoms with E-state index in [4.69, 9.17) is 24.2 Å². The highest BCUT2D eigenvalue weighted by atomic mass is 32.2. The summed E-state index contributed by atoms with van der Waals surface area (Å²) in [5.74, 6) is 3.12. The lowest BCUT2D eigenvalue weighted by molar-refractivity contribution is -0.120. The summed E-state index contributed by atoms with van der Waals surface area (Å²) >= 11 is 1.58. The molecule has 10 nitrogen and oxygen atoms in total. The molecule has 0 unspecified atom stereocenters. The number of hydrogen-bond acceptors (Lipinski definition) is 10. The summed E-state index contributed by atoms with van der Waals surface area (Å²) in [6.45, 7) is 2.41. The van der Waals surface area contributed by atoms with E-state index in [2.05, 4.69) is 14.7 Å². The van der Waals surface area contributed by atoms with Crippen molar-refractivity contribution in [1.29, 1.82) is 0 Å². The minimum atomic E-state index is 0.335. The second-order valence-electron chi connectivity index (χ2n) is 8.44. The van der Waals surface area contributed by atoms with Crippen LogP contribution < -0.4 is 18.9 Å². The summed E-state index contributed by atoms with van der Waals surface area (Å²) in [5, 5.41) is 0.343. The third-order valence-electron chi connectivity index (χ3n) is 6.06. The summed E-state index contributed by atoms with van der Waals surface area (Å²) < 4.78 is 22.2. The molecule has 11 heteroatoms. The topological polar surface area (TPSA) is 113 Å². The van der Waals surface area contributed by atoms with Crippen molar-refractivity contribution in [2.24, 2.45) is 0 Å². The first-order chi connectivity index (χ1) is 18.1. The van der Waals surface area contributed by atoms with Crippen LogP contribution in [0.25, 0.3) is 28.5 Å². The summed E-state index contributed by atoms with van der Waals surface area (Å²) in [7, 11) is 3.21. The number of carbonyl (C=O) groups excluding carboxylic acids is 1. The Morgan fingerprint density at radius 2 is 1.76 bits per heavy atom. The number of fused-ring (bicyclic) bond motifs is 1. The average Bonchev–Trinajstić information content (AvgIpc) is 3.31. The van der Waals surface area contributed by atoms with E-state index in [1.165, 1.54) is 0 Å². The van der Waals surface area contributed by atoms with Gasteiger partial charge in [-0.1, -0.05) is 12.1 Å². The fourth-order valence-corrected chi connectivity index (χ4v) is 5.14. The van der Waals surface area contributed by atoms with Gasteiger partial charge in [-0.2, -0.15) is 0 Å². The molecule has 0 radical (unpaired) electrons. The monoisotopic (exact) mass is 520 g/mol. The Balaban J connectivity index is 1.63. The number of para-hydroxylation sites is 1. The smallest absolute Gasteiger partial charge is 0.213 e. The predicted octanol–water partition coefficient (Wildman–Crippen LogP) is 4.87. The molecule has 5 rings (SSSR count). The first-order valence-corrected chi connectivity index (χ1v) is 13.0.